The maximum Gasteiger partial charge on any atom is 0.335 e. The van der Waals surface area contributed by atoms with Gasteiger partial charge in [0.2, 0.25) is 0 Å². The van der Waals surface area contributed by atoms with Gasteiger partial charge in [-0.15, -0.1) is 0 Å². The number of aliphatic hydroxyl groups is 2. The van der Waals surface area contributed by atoms with Crippen molar-refractivity contribution in [3.8, 4) is 11.1 Å². The number of unbranched alkanes of at least 4 members (excludes halogenated alkanes) is 2. The zero-order chi connectivity index (χ0) is 38.1. The van der Waals surface area contributed by atoms with Crippen LogP contribution in [0.3, 0.4) is 0 Å². The van der Waals surface area contributed by atoms with Crippen molar-refractivity contribution in [3.05, 3.63) is 83.0 Å². The van der Waals surface area contributed by atoms with Gasteiger partial charge < -0.3 is 19.7 Å². The van der Waals surface area contributed by atoms with Gasteiger partial charge in [-0.05, 0) is 96.6 Å². The zero-order valence-electron chi connectivity index (χ0n) is 31.9. The number of esters is 2. The maximum absolute atomic E-state index is 15.2. The minimum absolute atomic E-state index is 0.0148. The molecule has 51 heavy (non-hydrogen) atoms. The highest BCUT2D eigenvalue weighted by Gasteiger charge is 2.22. The van der Waals surface area contributed by atoms with Gasteiger partial charge in [-0.25, -0.2) is 18.4 Å². The fourth-order valence-corrected chi connectivity index (χ4v) is 6.55. The Morgan fingerprint density at radius 1 is 0.784 bits per heavy atom. The van der Waals surface area contributed by atoms with Crippen molar-refractivity contribution in [2.75, 3.05) is 26.4 Å². The number of carbonyl (C=O) groups excluding carboxylic acids is 2. The van der Waals surface area contributed by atoms with E-state index >= 15 is 8.78 Å². The molecule has 0 spiro atoms. The van der Waals surface area contributed by atoms with Crippen LogP contribution < -0.4 is 0 Å². The summed E-state index contributed by atoms with van der Waals surface area (Å²) in [7, 11) is 0. The third-order valence-corrected chi connectivity index (χ3v) is 10.3. The molecular weight excluding hydrogens is 650 g/mol. The molecule has 2 N–H and O–H groups in total. The Kier molecular flexibility index (Phi) is 19.4. The minimum atomic E-state index is -0.689. The Balaban J connectivity index is 1.97. The molecule has 0 radical (unpaired) electrons. The van der Waals surface area contributed by atoms with Crippen molar-refractivity contribution < 1.29 is 38.1 Å². The molecule has 2 aromatic carbocycles. The van der Waals surface area contributed by atoms with E-state index in [0.717, 1.165) is 56.9 Å². The van der Waals surface area contributed by atoms with Crippen LogP contribution in [0.4, 0.5) is 8.78 Å². The largest absolute Gasteiger partial charge is 0.462 e. The molecule has 0 aromatic heterocycles. The lowest BCUT2D eigenvalue weighted by molar-refractivity contribution is -0.145. The summed E-state index contributed by atoms with van der Waals surface area (Å²) >= 11 is 0. The highest BCUT2D eigenvalue weighted by molar-refractivity contribution is 5.88. The second kappa shape index (κ2) is 22.5. The van der Waals surface area contributed by atoms with Crippen LogP contribution in [0.2, 0.25) is 0 Å². The molecular formula is C43H62F2O6. The van der Waals surface area contributed by atoms with Gasteiger partial charge in [-0.3, -0.25) is 0 Å². The van der Waals surface area contributed by atoms with Gasteiger partial charge >= 0.3 is 11.9 Å². The van der Waals surface area contributed by atoms with Crippen LogP contribution in [0, 0.1) is 35.3 Å². The molecule has 284 valence electrons. The first-order valence-electron chi connectivity index (χ1n) is 18.8. The minimum Gasteiger partial charge on any atom is -0.462 e. The van der Waals surface area contributed by atoms with Crippen LogP contribution in [0.1, 0.15) is 116 Å². The van der Waals surface area contributed by atoms with E-state index in [0.29, 0.717) is 41.7 Å². The number of halogens is 2. The first-order chi connectivity index (χ1) is 24.3. The average Bonchev–Trinajstić information content (AvgIpc) is 3.12. The molecule has 2 rings (SSSR count). The molecule has 0 saturated carbocycles. The topological polar surface area (TPSA) is 93.1 Å². The van der Waals surface area contributed by atoms with Crippen LogP contribution in [0.5, 0.6) is 0 Å². The third kappa shape index (κ3) is 14.3. The third-order valence-electron chi connectivity index (χ3n) is 10.3. The van der Waals surface area contributed by atoms with Crippen LogP contribution in [-0.2, 0) is 31.9 Å². The monoisotopic (exact) mass is 712 g/mol. The summed E-state index contributed by atoms with van der Waals surface area (Å²) < 4.78 is 41.0. The number of hydrogen-bond donors (Lipinski definition) is 2. The van der Waals surface area contributed by atoms with Crippen molar-refractivity contribution in [2.45, 2.75) is 112 Å². The summed E-state index contributed by atoms with van der Waals surface area (Å²) in [6, 6.07) is 8.84. The maximum atomic E-state index is 15.2. The number of rotatable bonds is 24. The highest BCUT2D eigenvalue weighted by Crippen LogP contribution is 2.35. The molecule has 0 fully saturated rings. The second-order valence-corrected chi connectivity index (χ2v) is 14.6. The second-order valence-electron chi connectivity index (χ2n) is 14.6. The molecule has 0 aliphatic carbocycles. The molecule has 8 heteroatoms. The van der Waals surface area contributed by atoms with E-state index in [1.54, 1.807) is 0 Å². The van der Waals surface area contributed by atoms with Gasteiger partial charge in [0.1, 0.15) is 11.6 Å². The van der Waals surface area contributed by atoms with Crippen molar-refractivity contribution in [2.24, 2.45) is 23.7 Å². The highest BCUT2D eigenvalue weighted by atomic mass is 19.1. The lowest BCUT2D eigenvalue weighted by Crippen LogP contribution is -2.24. The number of carbonyl (C=O) groups is 2. The van der Waals surface area contributed by atoms with Crippen molar-refractivity contribution >= 4 is 11.9 Å². The van der Waals surface area contributed by atoms with E-state index in [1.807, 2.05) is 18.2 Å². The lowest BCUT2D eigenvalue weighted by Gasteiger charge is -2.25. The van der Waals surface area contributed by atoms with Crippen LogP contribution in [-0.4, -0.2) is 48.6 Å². The quantitative estimate of drug-likeness (QED) is 0.0640. The van der Waals surface area contributed by atoms with E-state index in [-0.39, 0.29) is 41.8 Å². The number of aliphatic hydroxyl groups excluding tert-OH is 2. The predicted octanol–water partition coefficient (Wildman–Crippen LogP) is 9.69. The van der Waals surface area contributed by atoms with Crippen LogP contribution in [0.25, 0.3) is 11.1 Å². The fourth-order valence-electron chi connectivity index (χ4n) is 6.55. The number of benzene rings is 2. The summed E-state index contributed by atoms with van der Waals surface area (Å²) in [4.78, 5) is 24.1. The Morgan fingerprint density at radius 3 is 1.84 bits per heavy atom. The van der Waals surface area contributed by atoms with Crippen molar-refractivity contribution in [1.82, 2.24) is 0 Å². The average molecular weight is 713 g/mol. The van der Waals surface area contributed by atoms with Gasteiger partial charge in [-0.2, -0.15) is 0 Å². The first kappa shape index (κ1) is 43.8. The summed E-state index contributed by atoms with van der Waals surface area (Å²) in [5.41, 5.74) is 3.59. The van der Waals surface area contributed by atoms with Gasteiger partial charge in [0.25, 0.3) is 0 Å². The molecule has 0 aliphatic rings. The summed E-state index contributed by atoms with van der Waals surface area (Å²) in [5.74, 6) is -1.13. The van der Waals surface area contributed by atoms with E-state index in [4.69, 9.17) is 19.7 Å². The summed E-state index contributed by atoms with van der Waals surface area (Å²) in [6.45, 7) is 19.1. The van der Waals surface area contributed by atoms with E-state index in [2.05, 4.69) is 54.7 Å². The Hall–Kier alpha value is -3.36. The summed E-state index contributed by atoms with van der Waals surface area (Å²) in [5, 5.41) is 18.3. The molecule has 0 aliphatic heterocycles. The van der Waals surface area contributed by atoms with Gasteiger partial charge in [-0.1, -0.05) is 98.6 Å². The number of aryl methyl sites for hydroxylation is 2. The summed E-state index contributed by atoms with van der Waals surface area (Å²) in [6.07, 6.45) is 9.14. The zero-order valence-corrected chi connectivity index (χ0v) is 31.9. The first-order valence-corrected chi connectivity index (χ1v) is 18.8. The normalized spacial score (nSPS) is 13.8. The van der Waals surface area contributed by atoms with Crippen molar-refractivity contribution in [1.29, 1.82) is 0 Å². The van der Waals surface area contributed by atoms with E-state index < -0.39 is 36.8 Å². The lowest BCUT2D eigenvalue weighted by atomic mass is 9.81. The SMILES string of the molecule is C=C(CO)C(=O)OCC(COC(=O)C(=C)CO)CC(C)CCC(C)C(C)CCC(C)c1ccc(-c2c(F)cc(CCCCC)cc2F)cc1CC. The molecule has 4 atom stereocenters. The van der Waals surface area contributed by atoms with Crippen molar-refractivity contribution in [3.63, 3.8) is 0 Å². The Morgan fingerprint density at radius 2 is 1.33 bits per heavy atom. The van der Waals surface area contributed by atoms with E-state index in [9.17, 15) is 9.59 Å². The fraction of sp³-hybridized carbons (Fsp3) is 0.581. The Labute approximate surface area is 305 Å². The molecule has 0 amide bonds. The smallest absolute Gasteiger partial charge is 0.335 e. The molecule has 2 aromatic rings. The van der Waals surface area contributed by atoms with Gasteiger partial charge in [0.05, 0.1) is 43.1 Å². The van der Waals surface area contributed by atoms with Gasteiger partial charge in [0.15, 0.2) is 0 Å². The molecule has 4 unspecified atom stereocenters. The van der Waals surface area contributed by atoms with Crippen LogP contribution >= 0.6 is 0 Å². The predicted molar refractivity (Wildman–Crippen MR) is 201 cm³/mol. The number of hydrogen-bond acceptors (Lipinski definition) is 6. The van der Waals surface area contributed by atoms with E-state index in [1.165, 1.54) is 17.7 Å². The molecule has 0 bridgehead atoms. The Bertz CT molecular complexity index is 1380. The molecule has 0 heterocycles. The van der Waals surface area contributed by atoms with Crippen LogP contribution in [0.15, 0.2) is 54.6 Å². The number of ether oxygens (including phenoxy) is 2. The standard InChI is InChI=1S/C43H62F2O6/c1-9-11-12-13-34-21-39(44)41(40(45)22-34)37-18-19-38(36(10-2)23-37)31(6)17-16-30(5)29(4)15-14-28(3)20-35(26-50-42(48)32(7)24-46)27-51-43(49)33(8)25-47/h18-19,21-23,28-31,35,46-47H,7-17,20,24-27H2,1-6H3. The molecule has 6 nitrogen and oxygen atoms in total. The van der Waals surface area contributed by atoms with Gasteiger partial charge in [0, 0.05) is 5.92 Å². The molecule has 0 saturated heterocycles.